The van der Waals surface area contributed by atoms with Gasteiger partial charge in [0.25, 0.3) is 0 Å². The second-order valence-electron chi connectivity index (χ2n) is 4.67. The number of anilines is 1. The molecule has 1 saturated heterocycles. The quantitative estimate of drug-likeness (QED) is 0.858. The largest absolute Gasteiger partial charge is 0.481 e. The van der Waals surface area contributed by atoms with Crippen LogP contribution in [0.4, 0.5) is 5.13 Å². The molecule has 2 rings (SSSR count). The lowest BCUT2D eigenvalue weighted by molar-refractivity contribution is -0.142. The van der Waals surface area contributed by atoms with Gasteiger partial charge in [-0.1, -0.05) is 0 Å². The zero-order chi connectivity index (χ0) is 12.5. The maximum atomic E-state index is 11.1. The molecule has 5 nitrogen and oxygen atoms in total. The number of carboxylic acid groups (broad SMARTS) is 1. The van der Waals surface area contributed by atoms with Crippen molar-refractivity contribution in [3.8, 4) is 0 Å². The first-order valence-electron chi connectivity index (χ1n) is 5.54. The van der Waals surface area contributed by atoms with E-state index in [1.165, 1.54) is 11.3 Å². The van der Waals surface area contributed by atoms with Gasteiger partial charge in [-0.25, -0.2) is 4.98 Å². The summed E-state index contributed by atoms with van der Waals surface area (Å²) in [5.74, 6) is -0.862. The number of aliphatic carboxylic acids is 1. The van der Waals surface area contributed by atoms with Crippen molar-refractivity contribution in [2.24, 2.45) is 0 Å². The van der Waals surface area contributed by atoms with Crippen LogP contribution in [0.25, 0.3) is 0 Å². The summed E-state index contributed by atoms with van der Waals surface area (Å²) in [4.78, 5) is 15.4. The molecule has 0 amide bonds. The lowest BCUT2D eigenvalue weighted by atomic mass is 9.90. The second kappa shape index (κ2) is 4.62. The van der Waals surface area contributed by atoms with Crippen molar-refractivity contribution in [3.63, 3.8) is 0 Å². The molecule has 1 aromatic rings. The average molecular weight is 256 g/mol. The van der Waals surface area contributed by atoms with Crippen LogP contribution in [0, 0.1) is 0 Å². The molecule has 1 aliphatic heterocycles. The first kappa shape index (κ1) is 12.3. The number of thiazole rings is 1. The molecule has 1 aromatic heterocycles. The summed E-state index contributed by atoms with van der Waals surface area (Å²) < 4.78 is 5.26. The van der Waals surface area contributed by atoms with Crippen LogP contribution in [0.5, 0.6) is 0 Å². The van der Waals surface area contributed by atoms with Gasteiger partial charge in [-0.05, 0) is 20.3 Å². The summed E-state index contributed by atoms with van der Waals surface area (Å²) >= 11 is 1.44. The van der Waals surface area contributed by atoms with Crippen molar-refractivity contribution in [1.82, 2.24) is 4.98 Å². The fraction of sp³-hybridized carbons (Fsp3) is 0.636. The zero-order valence-electron chi connectivity index (χ0n) is 9.90. The molecule has 17 heavy (non-hydrogen) atoms. The molecule has 0 radical (unpaired) electrons. The van der Waals surface area contributed by atoms with Crippen LogP contribution in [-0.2, 0) is 14.9 Å². The Hall–Kier alpha value is -1.14. The first-order valence-corrected chi connectivity index (χ1v) is 6.42. The van der Waals surface area contributed by atoms with Crippen LogP contribution in [0.15, 0.2) is 5.38 Å². The van der Waals surface area contributed by atoms with Gasteiger partial charge in [-0.3, -0.25) is 4.79 Å². The van der Waals surface area contributed by atoms with Crippen LogP contribution in [0.2, 0.25) is 0 Å². The molecule has 2 heterocycles. The average Bonchev–Trinajstić information content (AvgIpc) is 2.89. The SMILES string of the molecule is CC(C)(C(=O)O)c1csc(NC2CCOC2)n1. The Labute approximate surface area is 104 Å². The van der Waals surface area contributed by atoms with E-state index < -0.39 is 11.4 Å². The van der Waals surface area contributed by atoms with E-state index in [1.54, 1.807) is 19.2 Å². The predicted molar refractivity (Wildman–Crippen MR) is 65.6 cm³/mol. The van der Waals surface area contributed by atoms with Gasteiger partial charge in [0.2, 0.25) is 0 Å². The van der Waals surface area contributed by atoms with Crippen LogP contribution < -0.4 is 5.32 Å². The van der Waals surface area contributed by atoms with Crippen molar-refractivity contribution < 1.29 is 14.6 Å². The van der Waals surface area contributed by atoms with Crippen molar-refractivity contribution in [1.29, 1.82) is 0 Å². The highest BCUT2D eigenvalue weighted by atomic mass is 32.1. The second-order valence-corrected chi connectivity index (χ2v) is 5.53. The minimum atomic E-state index is -0.942. The monoisotopic (exact) mass is 256 g/mol. The van der Waals surface area contributed by atoms with E-state index in [0.29, 0.717) is 18.3 Å². The number of nitrogens with zero attached hydrogens (tertiary/aromatic N) is 1. The molecule has 1 fully saturated rings. The molecule has 0 aromatic carbocycles. The lowest BCUT2D eigenvalue weighted by Crippen LogP contribution is -2.29. The number of hydrogen-bond acceptors (Lipinski definition) is 5. The van der Waals surface area contributed by atoms with Crippen LogP contribution in [-0.4, -0.2) is 35.3 Å². The van der Waals surface area contributed by atoms with Gasteiger partial charge >= 0.3 is 5.97 Å². The van der Waals surface area contributed by atoms with E-state index in [9.17, 15) is 4.79 Å². The van der Waals surface area contributed by atoms with Crippen molar-refractivity contribution >= 4 is 22.4 Å². The Morgan fingerprint density at radius 2 is 2.47 bits per heavy atom. The molecule has 1 aliphatic rings. The van der Waals surface area contributed by atoms with E-state index in [2.05, 4.69) is 10.3 Å². The van der Waals surface area contributed by atoms with Crippen LogP contribution >= 0.6 is 11.3 Å². The Morgan fingerprint density at radius 3 is 3.06 bits per heavy atom. The van der Waals surface area contributed by atoms with Gasteiger partial charge < -0.3 is 15.2 Å². The van der Waals surface area contributed by atoms with E-state index in [1.807, 2.05) is 0 Å². The van der Waals surface area contributed by atoms with Gasteiger partial charge in [0.05, 0.1) is 18.3 Å². The van der Waals surface area contributed by atoms with Crippen LogP contribution in [0.1, 0.15) is 26.0 Å². The minimum absolute atomic E-state index is 0.293. The number of nitrogens with one attached hydrogen (secondary N) is 1. The standard InChI is InChI=1S/C11H16N2O3S/c1-11(2,9(14)15)8-6-17-10(13-8)12-7-3-4-16-5-7/h6-7H,3-5H2,1-2H3,(H,12,13)(H,14,15). The Kier molecular flexibility index (Phi) is 3.35. The predicted octanol–water partition coefficient (Wildman–Crippen LogP) is 1.71. The highest BCUT2D eigenvalue weighted by molar-refractivity contribution is 7.13. The molecular weight excluding hydrogens is 240 g/mol. The minimum Gasteiger partial charge on any atom is -0.481 e. The van der Waals surface area contributed by atoms with Gasteiger partial charge in [0.15, 0.2) is 5.13 Å². The molecule has 0 bridgehead atoms. The lowest BCUT2D eigenvalue weighted by Gasteiger charge is -2.15. The maximum absolute atomic E-state index is 11.1. The number of hydrogen-bond donors (Lipinski definition) is 2. The third-order valence-corrected chi connectivity index (χ3v) is 3.71. The number of aromatic nitrogens is 1. The number of carbonyl (C=O) groups is 1. The van der Waals surface area contributed by atoms with Crippen molar-refractivity contribution in [2.75, 3.05) is 18.5 Å². The Morgan fingerprint density at radius 1 is 1.71 bits per heavy atom. The molecule has 2 N–H and O–H groups in total. The summed E-state index contributed by atoms with van der Waals surface area (Å²) in [7, 11) is 0. The van der Waals surface area contributed by atoms with Crippen molar-refractivity contribution in [3.05, 3.63) is 11.1 Å². The van der Waals surface area contributed by atoms with Gasteiger partial charge in [-0.2, -0.15) is 0 Å². The summed E-state index contributed by atoms with van der Waals surface area (Å²) in [6.07, 6.45) is 0.969. The van der Waals surface area contributed by atoms with E-state index >= 15 is 0 Å². The molecular formula is C11H16N2O3S. The van der Waals surface area contributed by atoms with E-state index in [-0.39, 0.29) is 0 Å². The molecule has 1 unspecified atom stereocenters. The summed E-state index contributed by atoms with van der Waals surface area (Å²) in [6, 6.07) is 0.293. The molecule has 0 aliphatic carbocycles. The molecule has 0 saturated carbocycles. The molecule has 94 valence electrons. The first-order chi connectivity index (χ1) is 8.00. The Balaban J connectivity index is 2.07. The number of rotatable bonds is 4. The van der Waals surface area contributed by atoms with E-state index in [0.717, 1.165) is 18.2 Å². The number of ether oxygens (including phenoxy) is 1. The highest BCUT2D eigenvalue weighted by Gasteiger charge is 2.32. The third kappa shape index (κ3) is 2.58. The maximum Gasteiger partial charge on any atom is 0.315 e. The highest BCUT2D eigenvalue weighted by Crippen LogP contribution is 2.28. The zero-order valence-corrected chi connectivity index (χ0v) is 10.7. The number of carboxylic acids is 1. The van der Waals surface area contributed by atoms with Gasteiger partial charge in [-0.15, -0.1) is 11.3 Å². The molecule has 1 atom stereocenters. The fourth-order valence-electron chi connectivity index (χ4n) is 1.56. The van der Waals surface area contributed by atoms with Crippen molar-refractivity contribution in [2.45, 2.75) is 31.7 Å². The normalized spacial score (nSPS) is 20.5. The van der Waals surface area contributed by atoms with E-state index in [4.69, 9.17) is 9.84 Å². The van der Waals surface area contributed by atoms with Crippen LogP contribution in [0.3, 0.4) is 0 Å². The summed E-state index contributed by atoms with van der Waals surface area (Å²) in [5.41, 5.74) is -0.348. The third-order valence-electron chi connectivity index (χ3n) is 2.94. The van der Waals surface area contributed by atoms with Gasteiger partial charge in [0, 0.05) is 12.0 Å². The smallest absolute Gasteiger partial charge is 0.315 e. The molecule has 0 spiro atoms. The molecule has 6 heteroatoms. The fourth-order valence-corrected chi connectivity index (χ4v) is 2.52. The summed E-state index contributed by atoms with van der Waals surface area (Å²) in [6.45, 7) is 4.79. The topological polar surface area (TPSA) is 71.5 Å². The Bertz CT molecular complexity index is 411. The van der Waals surface area contributed by atoms with Gasteiger partial charge in [0.1, 0.15) is 5.41 Å². The summed E-state index contributed by atoms with van der Waals surface area (Å²) in [5, 5.41) is 14.9.